The molecule has 0 radical (unpaired) electrons. The number of aliphatic carboxylic acids is 1. The third kappa shape index (κ3) is 3.82. The highest BCUT2D eigenvalue weighted by atomic mass is 16.4. The first-order chi connectivity index (χ1) is 16.9. The average Bonchev–Trinajstić information content (AvgIpc) is 2.99. The molecule has 2 saturated carbocycles. The lowest BCUT2D eigenvalue weighted by molar-refractivity contribution is -0.146. The van der Waals surface area contributed by atoms with Crippen molar-refractivity contribution in [1.29, 1.82) is 0 Å². The molecule has 206 valence electrons. The van der Waals surface area contributed by atoms with Crippen LogP contribution in [0.1, 0.15) is 93.4 Å². The van der Waals surface area contributed by atoms with Crippen LogP contribution in [-0.4, -0.2) is 50.8 Å². The molecule has 9 unspecified atom stereocenters. The molecule has 0 bridgehead atoms. The number of Topliss-reactive ketones (excluding diaryl/α,β-unsaturated/α-hetero) is 3. The Labute approximate surface area is 220 Å². The van der Waals surface area contributed by atoms with E-state index in [0.29, 0.717) is 36.8 Å². The predicted molar refractivity (Wildman–Crippen MR) is 137 cm³/mol. The summed E-state index contributed by atoms with van der Waals surface area (Å²) >= 11 is 0. The van der Waals surface area contributed by atoms with Crippen LogP contribution in [0.25, 0.3) is 0 Å². The van der Waals surface area contributed by atoms with Gasteiger partial charge in [-0.3, -0.25) is 19.2 Å². The maximum atomic E-state index is 14.1. The van der Waals surface area contributed by atoms with Crippen LogP contribution in [0.3, 0.4) is 0 Å². The summed E-state index contributed by atoms with van der Waals surface area (Å²) in [5, 5.41) is 32.4. The molecule has 9 atom stereocenters. The van der Waals surface area contributed by atoms with Gasteiger partial charge in [0.2, 0.25) is 0 Å². The lowest BCUT2D eigenvalue weighted by atomic mass is 9.42. The van der Waals surface area contributed by atoms with E-state index < -0.39 is 45.8 Å². The van der Waals surface area contributed by atoms with Gasteiger partial charge in [0.15, 0.2) is 5.78 Å². The molecule has 2 fully saturated rings. The van der Waals surface area contributed by atoms with Crippen LogP contribution >= 0.6 is 0 Å². The van der Waals surface area contributed by atoms with Gasteiger partial charge in [-0.2, -0.15) is 0 Å². The molecule has 0 amide bonds. The van der Waals surface area contributed by atoms with Crippen molar-refractivity contribution < 1.29 is 34.5 Å². The third-order valence-corrected chi connectivity index (χ3v) is 11.6. The quantitative estimate of drug-likeness (QED) is 0.484. The number of carbonyl (C=O) groups is 4. The van der Waals surface area contributed by atoms with Crippen LogP contribution in [0.5, 0.6) is 0 Å². The summed E-state index contributed by atoms with van der Waals surface area (Å²) in [6.07, 6.45) is 0.421. The van der Waals surface area contributed by atoms with Crippen molar-refractivity contribution >= 4 is 23.3 Å². The van der Waals surface area contributed by atoms with E-state index in [-0.39, 0.29) is 54.4 Å². The molecule has 0 heterocycles. The lowest BCUT2D eigenvalue weighted by Gasteiger charge is -2.61. The number of hydrogen-bond acceptors (Lipinski definition) is 6. The highest BCUT2D eigenvalue weighted by molar-refractivity contribution is 6.01. The number of carboxylic acids is 1. The van der Waals surface area contributed by atoms with Crippen LogP contribution in [0.15, 0.2) is 11.1 Å². The van der Waals surface area contributed by atoms with Gasteiger partial charge in [0, 0.05) is 47.5 Å². The first-order valence-electron chi connectivity index (χ1n) is 13.8. The SMILES string of the molecule is CC(CC(=O)CC(C)C1CC(O)C2(C)C3=C(C(=O)CC12C)C1(C)CCC(=O)C(C)(C)C1CC3O)C(=O)O. The molecule has 0 aromatic rings. The Kier molecular flexibility index (Phi) is 6.72. The maximum absolute atomic E-state index is 14.1. The van der Waals surface area contributed by atoms with Crippen LogP contribution in [0.4, 0.5) is 0 Å². The number of carbonyl (C=O) groups excluding carboxylic acids is 3. The van der Waals surface area contributed by atoms with E-state index in [1.165, 1.54) is 6.92 Å². The van der Waals surface area contributed by atoms with Gasteiger partial charge in [-0.1, -0.05) is 48.5 Å². The van der Waals surface area contributed by atoms with Gasteiger partial charge in [0.25, 0.3) is 0 Å². The molecular weight excluding hydrogens is 472 g/mol. The average molecular weight is 517 g/mol. The van der Waals surface area contributed by atoms with Gasteiger partial charge in [0.05, 0.1) is 18.1 Å². The monoisotopic (exact) mass is 516 g/mol. The van der Waals surface area contributed by atoms with Gasteiger partial charge >= 0.3 is 5.97 Å². The van der Waals surface area contributed by atoms with Crippen molar-refractivity contribution in [3.8, 4) is 0 Å². The third-order valence-electron chi connectivity index (χ3n) is 11.6. The van der Waals surface area contributed by atoms with E-state index in [4.69, 9.17) is 0 Å². The van der Waals surface area contributed by atoms with Crippen molar-refractivity contribution in [2.45, 2.75) is 106 Å². The highest BCUT2D eigenvalue weighted by Gasteiger charge is 2.70. The van der Waals surface area contributed by atoms with Crippen LogP contribution in [-0.2, 0) is 19.2 Å². The van der Waals surface area contributed by atoms with Gasteiger partial charge < -0.3 is 15.3 Å². The second-order valence-corrected chi connectivity index (χ2v) is 13.9. The molecule has 7 nitrogen and oxygen atoms in total. The number of carboxylic acid groups (broad SMARTS) is 1. The Balaban J connectivity index is 1.74. The van der Waals surface area contributed by atoms with Gasteiger partial charge in [-0.15, -0.1) is 0 Å². The van der Waals surface area contributed by atoms with Crippen molar-refractivity contribution in [2.75, 3.05) is 0 Å². The largest absolute Gasteiger partial charge is 0.481 e. The van der Waals surface area contributed by atoms with E-state index in [9.17, 15) is 34.5 Å². The van der Waals surface area contributed by atoms with Crippen molar-refractivity contribution in [3.05, 3.63) is 11.1 Å². The van der Waals surface area contributed by atoms with E-state index in [1.807, 2.05) is 34.6 Å². The molecule has 0 aromatic heterocycles. The molecule has 3 N–H and O–H groups in total. The standard InChI is InChI=1S/C30H44O7/c1-15(10-17(31)11-16(2)26(36)37)18-12-23(35)30(7)25-19(32)13-21-27(3,4)22(34)8-9-28(21,5)24(25)20(33)14-29(18,30)6/h15-16,18-19,21,23,32,35H,8-14H2,1-7H3,(H,36,37). The van der Waals surface area contributed by atoms with Crippen LogP contribution < -0.4 is 0 Å². The zero-order valence-electron chi connectivity index (χ0n) is 23.4. The van der Waals surface area contributed by atoms with Gasteiger partial charge in [-0.05, 0) is 48.0 Å². The molecule has 4 aliphatic carbocycles. The molecular formula is C30H44O7. The summed E-state index contributed by atoms with van der Waals surface area (Å²) < 4.78 is 0. The topological polar surface area (TPSA) is 129 Å². The number of allylic oxidation sites excluding steroid dienone is 1. The summed E-state index contributed by atoms with van der Waals surface area (Å²) in [4.78, 5) is 50.8. The Bertz CT molecular complexity index is 1070. The molecule has 0 spiro atoms. The second-order valence-electron chi connectivity index (χ2n) is 13.9. The maximum Gasteiger partial charge on any atom is 0.306 e. The Morgan fingerprint density at radius 3 is 2.22 bits per heavy atom. The Morgan fingerprint density at radius 2 is 1.62 bits per heavy atom. The molecule has 0 saturated heterocycles. The first-order valence-corrected chi connectivity index (χ1v) is 13.8. The molecule has 0 aromatic carbocycles. The number of hydrogen-bond donors (Lipinski definition) is 3. The zero-order valence-corrected chi connectivity index (χ0v) is 23.4. The minimum absolute atomic E-state index is 0.0106. The first kappa shape index (κ1) is 28.2. The van der Waals surface area contributed by atoms with Gasteiger partial charge in [0.1, 0.15) is 11.6 Å². The number of ketones is 3. The normalized spacial score (nSPS) is 42.5. The van der Waals surface area contributed by atoms with Crippen LogP contribution in [0.2, 0.25) is 0 Å². The Hall–Kier alpha value is -1.86. The second kappa shape index (κ2) is 8.84. The van der Waals surface area contributed by atoms with Crippen molar-refractivity contribution in [3.63, 3.8) is 0 Å². The zero-order chi connectivity index (χ0) is 27.9. The van der Waals surface area contributed by atoms with E-state index >= 15 is 0 Å². The lowest BCUT2D eigenvalue weighted by Crippen LogP contribution is -2.60. The number of rotatable bonds is 6. The molecule has 4 rings (SSSR count). The minimum atomic E-state index is -1.00. The highest BCUT2D eigenvalue weighted by Crippen LogP contribution is 2.71. The minimum Gasteiger partial charge on any atom is -0.481 e. The molecule has 7 heteroatoms. The summed E-state index contributed by atoms with van der Waals surface area (Å²) in [5.41, 5.74) is -1.40. The fourth-order valence-corrected chi connectivity index (χ4v) is 9.20. The van der Waals surface area contributed by atoms with Gasteiger partial charge in [-0.25, -0.2) is 0 Å². The van der Waals surface area contributed by atoms with E-state index in [2.05, 4.69) is 6.92 Å². The Morgan fingerprint density at radius 1 is 1.00 bits per heavy atom. The summed E-state index contributed by atoms with van der Waals surface area (Å²) in [6, 6.07) is 0. The number of aliphatic hydroxyl groups is 2. The van der Waals surface area contributed by atoms with Crippen molar-refractivity contribution in [2.24, 2.45) is 45.3 Å². The fraction of sp³-hybridized carbons (Fsp3) is 0.800. The predicted octanol–water partition coefficient (Wildman–Crippen LogP) is 4.13. The molecule has 4 aliphatic rings. The van der Waals surface area contributed by atoms with E-state index in [0.717, 1.165) is 0 Å². The molecule has 0 aliphatic heterocycles. The number of fused-ring (bicyclic) bond motifs is 4. The van der Waals surface area contributed by atoms with Crippen LogP contribution in [0, 0.1) is 45.3 Å². The van der Waals surface area contributed by atoms with E-state index in [1.54, 1.807) is 0 Å². The smallest absolute Gasteiger partial charge is 0.306 e. The summed E-state index contributed by atoms with van der Waals surface area (Å²) in [5.74, 6) is -2.17. The van der Waals surface area contributed by atoms with Crippen molar-refractivity contribution in [1.82, 2.24) is 0 Å². The summed E-state index contributed by atoms with van der Waals surface area (Å²) in [7, 11) is 0. The summed E-state index contributed by atoms with van der Waals surface area (Å²) in [6.45, 7) is 13.4. The number of aliphatic hydroxyl groups excluding tert-OH is 2. The molecule has 37 heavy (non-hydrogen) atoms. The fourth-order valence-electron chi connectivity index (χ4n) is 9.20.